The number of rotatable bonds is 1. The summed E-state index contributed by atoms with van der Waals surface area (Å²) in [5, 5.41) is 10.3. The summed E-state index contributed by atoms with van der Waals surface area (Å²) in [6.45, 7) is 4.32. The third-order valence-electron chi connectivity index (χ3n) is 4.01. The van der Waals surface area contributed by atoms with E-state index in [1.165, 1.54) is 0 Å². The lowest BCUT2D eigenvalue weighted by atomic mass is 9.79. The number of aromatic carboxylic acids is 1. The number of hydrogen-bond donors (Lipinski definition) is 1. The predicted molar refractivity (Wildman–Crippen MR) is 74.6 cm³/mol. The van der Waals surface area contributed by atoms with E-state index < -0.39 is 5.97 Å². The maximum atomic E-state index is 11.7. The highest BCUT2D eigenvalue weighted by molar-refractivity contribution is 6.04. The van der Waals surface area contributed by atoms with Crippen molar-refractivity contribution in [3.63, 3.8) is 0 Å². The van der Waals surface area contributed by atoms with Crippen LogP contribution in [0.5, 0.6) is 0 Å². The molecule has 0 saturated heterocycles. The molecule has 1 heterocycles. The number of carboxylic acid groups (broad SMARTS) is 1. The van der Waals surface area contributed by atoms with E-state index >= 15 is 0 Å². The molecular formula is C16H17NO2. The Balaban J connectivity index is 2.38. The maximum absolute atomic E-state index is 11.7. The van der Waals surface area contributed by atoms with Gasteiger partial charge in [0.15, 0.2) is 0 Å². The van der Waals surface area contributed by atoms with Crippen molar-refractivity contribution in [1.29, 1.82) is 0 Å². The number of para-hydroxylation sites is 1. The molecule has 2 atom stereocenters. The largest absolute Gasteiger partial charge is 0.478 e. The molecule has 0 aliphatic heterocycles. The number of nitrogens with zero attached hydrogens (tertiary/aromatic N) is 1. The molecule has 2 unspecified atom stereocenters. The summed E-state index contributed by atoms with van der Waals surface area (Å²) in [6, 6.07) is 7.53. The molecule has 98 valence electrons. The summed E-state index contributed by atoms with van der Waals surface area (Å²) in [7, 11) is 0. The Morgan fingerprint density at radius 3 is 2.79 bits per heavy atom. The van der Waals surface area contributed by atoms with E-state index in [-0.39, 0.29) is 0 Å². The highest BCUT2D eigenvalue weighted by Gasteiger charge is 2.28. The van der Waals surface area contributed by atoms with Crippen molar-refractivity contribution in [2.75, 3.05) is 0 Å². The van der Waals surface area contributed by atoms with Gasteiger partial charge in [-0.15, -0.1) is 0 Å². The minimum Gasteiger partial charge on any atom is -0.478 e. The lowest BCUT2D eigenvalue weighted by molar-refractivity contribution is 0.0697. The van der Waals surface area contributed by atoms with Crippen LogP contribution in [0.15, 0.2) is 24.3 Å². The second-order valence-electron chi connectivity index (χ2n) is 5.62. The average molecular weight is 255 g/mol. The molecule has 0 bridgehead atoms. The fraction of sp³-hybridized carbons (Fsp3) is 0.375. The molecule has 1 aliphatic carbocycles. The molecule has 19 heavy (non-hydrogen) atoms. The SMILES string of the molecule is CC1Cc2c(nc3ccccc3c2C(=O)O)C(C)C1. The van der Waals surface area contributed by atoms with E-state index in [1.807, 2.05) is 24.3 Å². The molecule has 1 aliphatic rings. The number of fused-ring (bicyclic) bond motifs is 2. The normalized spacial score (nSPS) is 22.2. The van der Waals surface area contributed by atoms with Crippen molar-refractivity contribution in [2.45, 2.75) is 32.6 Å². The van der Waals surface area contributed by atoms with Crippen LogP contribution in [0.2, 0.25) is 0 Å². The zero-order valence-corrected chi connectivity index (χ0v) is 11.2. The van der Waals surface area contributed by atoms with Gasteiger partial charge in [-0.25, -0.2) is 4.79 Å². The van der Waals surface area contributed by atoms with Crippen molar-refractivity contribution in [2.24, 2.45) is 5.92 Å². The van der Waals surface area contributed by atoms with Crippen molar-refractivity contribution in [3.8, 4) is 0 Å². The number of benzene rings is 1. The van der Waals surface area contributed by atoms with Crippen LogP contribution in [-0.4, -0.2) is 16.1 Å². The van der Waals surface area contributed by atoms with Gasteiger partial charge in [-0.2, -0.15) is 0 Å². The smallest absolute Gasteiger partial charge is 0.336 e. The highest BCUT2D eigenvalue weighted by atomic mass is 16.4. The Hall–Kier alpha value is -1.90. The van der Waals surface area contributed by atoms with E-state index in [0.717, 1.165) is 35.0 Å². The summed E-state index contributed by atoms with van der Waals surface area (Å²) in [4.78, 5) is 16.4. The van der Waals surface area contributed by atoms with Gasteiger partial charge in [0.05, 0.1) is 11.1 Å². The monoisotopic (exact) mass is 255 g/mol. The van der Waals surface area contributed by atoms with Crippen LogP contribution < -0.4 is 0 Å². The zero-order chi connectivity index (χ0) is 13.6. The summed E-state index contributed by atoms with van der Waals surface area (Å²) in [6.07, 6.45) is 1.90. The lowest BCUT2D eigenvalue weighted by Crippen LogP contribution is -2.20. The second kappa shape index (κ2) is 4.34. The van der Waals surface area contributed by atoms with Crippen LogP contribution >= 0.6 is 0 Å². The van der Waals surface area contributed by atoms with E-state index in [1.54, 1.807) is 0 Å². The van der Waals surface area contributed by atoms with E-state index in [2.05, 4.69) is 13.8 Å². The van der Waals surface area contributed by atoms with Gasteiger partial charge >= 0.3 is 5.97 Å². The van der Waals surface area contributed by atoms with Crippen LogP contribution in [0.3, 0.4) is 0 Å². The first kappa shape index (κ1) is 12.2. The fourth-order valence-corrected chi connectivity index (χ4v) is 3.28. The zero-order valence-electron chi connectivity index (χ0n) is 11.2. The molecule has 3 heteroatoms. The van der Waals surface area contributed by atoms with Crippen molar-refractivity contribution >= 4 is 16.9 Å². The topological polar surface area (TPSA) is 50.2 Å². The molecule has 2 aromatic rings. The quantitative estimate of drug-likeness (QED) is 0.846. The lowest BCUT2D eigenvalue weighted by Gasteiger charge is -2.28. The molecule has 3 nitrogen and oxygen atoms in total. The third kappa shape index (κ3) is 1.89. The van der Waals surface area contributed by atoms with Gasteiger partial charge in [0, 0.05) is 11.1 Å². The molecule has 1 aromatic heterocycles. The molecular weight excluding hydrogens is 238 g/mol. The first-order valence-electron chi connectivity index (χ1n) is 6.72. The average Bonchev–Trinajstić information content (AvgIpc) is 2.36. The third-order valence-corrected chi connectivity index (χ3v) is 4.01. The van der Waals surface area contributed by atoms with Crippen LogP contribution in [0, 0.1) is 5.92 Å². The molecule has 0 saturated carbocycles. The Morgan fingerprint density at radius 2 is 2.05 bits per heavy atom. The van der Waals surface area contributed by atoms with Crippen LogP contribution in [0.25, 0.3) is 10.9 Å². The Bertz CT molecular complexity index is 663. The van der Waals surface area contributed by atoms with E-state index in [9.17, 15) is 9.90 Å². The molecule has 1 aromatic carbocycles. The standard InChI is InChI=1S/C16H17NO2/c1-9-7-10(2)15-12(8-9)14(16(18)19)11-5-3-4-6-13(11)17-15/h3-6,9-10H,7-8H2,1-2H3,(H,18,19). The predicted octanol–water partition coefficient (Wildman–Crippen LogP) is 3.62. The van der Waals surface area contributed by atoms with Gasteiger partial charge < -0.3 is 5.11 Å². The first-order chi connectivity index (χ1) is 9.08. The van der Waals surface area contributed by atoms with Crippen LogP contribution in [0.1, 0.15) is 47.8 Å². The number of carboxylic acids is 1. The maximum Gasteiger partial charge on any atom is 0.336 e. The fourth-order valence-electron chi connectivity index (χ4n) is 3.28. The Morgan fingerprint density at radius 1 is 1.32 bits per heavy atom. The molecule has 0 radical (unpaired) electrons. The van der Waals surface area contributed by atoms with Crippen molar-refractivity contribution < 1.29 is 9.90 Å². The van der Waals surface area contributed by atoms with Gasteiger partial charge in [-0.1, -0.05) is 32.0 Å². The number of carbonyl (C=O) groups is 1. The van der Waals surface area contributed by atoms with Gasteiger partial charge in [0.2, 0.25) is 0 Å². The summed E-state index contributed by atoms with van der Waals surface area (Å²) in [5.41, 5.74) is 3.17. The van der Waals surface area contributed by atoms with E-state index in [4.69, 9.17) is 4.98 Å². The minimum absolute atomic E-state index is 0.335. The van der Waals surface area contributed by atoms with Gasteiger partial charge in [0.25, 0.3) is 0 Å². The van der Waals surface area contributed by atoms with Crippen molar-refractivity contribution in [1.82, 2.24) is 4.98 Å². The van der Waals surface area contributed by atoms with Crippen LogP contribution in [0.4, 0.5) is 0 Å². The molecule has 0 spiro atoms. The summed E-state index contributed by atoms with van der Waals surface area (Å²) >= 11 is 0. The van der Waals surface area contributed by atoms with E-state index in [0.29, 0.717) is 17.4 Å². The van der Waals surface area contributed by atoms with Crippen molar-refractivity contribution in [3.05, 3.63) is 41.1 Å². The number of hydrogen-bond acceptors (Lipinski definition) is 2. The van der Waals surface area contributed by atoms with Gasteiger partial charge in [0.1, 0.15) is 0 Å². The molecule has 1 N–H and O–H groups in total. The first-order valence-corrected chi connectivity index (χ1v) is 6.72. The Kier molecular flexibility index (Phi) is 2.77. The summed E-state index contributed by atoms with van der Waals surface area (Å²) < 4.78 is 0. The van der Waals surface area contributed by atoms with Gasteiger partial charge in [-0.3, -0.25) is 4.98 Å². The molecule has 3 rings (SSSR count). The molecule has 0 fully saturated rings. The number of aromatic nitrogens is 1. The van der Waals surface area contributed by atoms with Gasteiger partial charge in [-0.05, 0) is 36.3 Å². The molecule has 0 amide bonds. The van der Waals surface area contributed by atoms with Crippen LogP contribution in [-0.2, 0) is 6.42 Å². The second-order valence-corrected chi connectivity index (χ2v) is 5.62. The minimum atomic E-state index is -0.837. The number of pyridine rings is 1. The summed E-state index contributed by atoms with van der Waals surface area (Å²) in [5.74, 6) is 0.0150. The Labute approximate surface area is 112 Å². The highest BCUT2D eigenvalue weighted by Crippen LogP contribution is 2.37.